The van der Waals surface area contributed by atoms with Crippen LogP contribution in [0.1, 0.15) is 128 Å². The number of nitrogens with zero attached hydrogens (tertiary/aromatic N) is 26. The number of hydrogen-bond donors (Lipinski definition) is 5. The lowest BCUT2D eigenvalue weighted by molar-refractivity contribution is 0.210. The Kier molecular flexibility index (Phi) is 23.1. The fraction of sp³-hybridized carbons (Fsp3) is 0.295. The van der Waals surface area contributed by atoms with E-state index in [1.165, 1.54) is 21.4 Å². The predicted molar refractivity (Wildman–Crippen MR) is 458 cm³/mol. The van der Waals surface area contributed by atoms with Crippen molar-refractivity contribution in [1.82, 2.24) is 125 Å². The highest BCUT2D eigenvalue weighted by Gasteiger charge is 2.49. The topological polar surface area (TPSA) is 490 Å². The molecule has 9 N–H and O–H groups in total. The number of methoxy groups -OCH3 is 1. The van der Waals surface area contributed by atoms with Crippen LogP contribution in [-0.2, 0) is 46.5 Å². The Morgan fingerprint density at radius 3 is 1.19 bits per heavy atom. The third-order valence-corrected chi connectivity index (χ3v) is 23.5. The van der Waals surface area contributed by atoms with Gasteiger partial charge in [-0.05, 0) is 135 Å². The molecule has 4 saturated carbocycles. The maximum atomic E-state index is 8.81. The van der Waals surface area contributed by atoms with E-state index >= 15 is 0 Å². The molecule has 12 aromatic heterocycles. The maximum absolute atomic E-state index is 8.81. The first kappa shape index (κ1) is 81.3. The van der Waals surface area contributed by atoms with E-state index < -0.39 is 0 Å². The molecule has 0 aliphatic heterocycles. The monoisotopic (exact) mass is 1660 g/mol. The van der Waals surface area contributed by atoms with Gasteiger partial charge in [0, 0.05) is 118 Å². The number of benzene rings is 4. The summed E-state index contributed by atoms with van der Waals surface area (Å²) in [5.41, 5.74) is 38.1. The van der Waals surface area contributed by atoms with Crippen LogP contribution >= 0.6 is 0 Å². The second kappa shape index (κ2) is 35.3. The first-order valence-corrected chi connectivity index (χ1v) is 40.7. The molecule has 0 bridgehead atoms. The number of nitrogens with two attached hydrogens (primary N) is 4. The van der Waals surface area contributed by atoms with Crippen molar-refractivity contribution in [2.45, 2.75) is 119 Å². The summed E-state index contributed by atoms with van der Waals surface area (Å²) in [7, 11) is 7.61. The number of aromatic nitrogens is 24. The van der Waals surface area contributed by atoms with E-state index in [1.807, 2.05) is 50.4 Å². The van der Waals surface area contributed by atoms with Gasteiger partial charge >= 0.3 is 0 Å². The van der Waals surface area contributed by atoms with Crippen LogP contribution in [0.3, 0.4) is 0 Å². The van der Waals surface area contributed by atoms with Crippen molar-refractivity contribution in [1.29, 1.82) is 5.26 Å². The molecule has 0 unspecified atom stereocenters. The van der Waals surface area contributed by atoms with Gasteiger partial charge in [0.15, 0.2) is 29.0 Å². The van der Waals surface area contributed by atoms with Crippen LogP contribution in [0, 0.1) is 18.3 Å². The van der Waals surface area contributed by atoms with Crippen molar-refractivity contribution in [2.24, 2.45) is 7.05 Å². The Hall–Kier alpha value is -15.1. The number of ether oxygens (including phenoxy) is 1. The average Bonchev–Trinajstić information content (AvgIpc) is 1.07. The van der Waals surface area contributed by atoms with Gasteiger partial charge in [0.2, 0.25) is 23.8 Å². The Morgan fingerprint density at radius 2 is 0.815 bits per heavy atom. The van der Waals surface area contributed by atoms with Gasteiger partial charge in [-0.1, -0.05) is 137 Å². The lowest BCUT2D eigenvalue weighted by Crippen LogP contribution is -2.37. The Morgan fingerprint density at radius 1 is 0.435 bits per heavy atom. The minimum atomic E-state index is -0.257. The first-order chi connectivity index (χ1) is 60.4. The summed E-state index contributed by atoms with van der Waals surface area (Å²) >= 11 is 0. The van der Waals surface area contributed by atoms with Gasteiger partial charge in [0.1, 0.15) is 12.4 Å². The quantitative estimate of drug-likeness (QED) is 0.0351. The Balaban J connectivity index is 0.000000117. The molecule has 36 nitrogen and oxygen atoms in total. The molecule has 16 aromatic rings. The van der Waals surface area contributed by atoms with Gasteiger partial charge in [-0.3, -0.25) is 14.0 Å². The van der Waals surface area contributed by atoms with Crippen LogP contribution in [0.15, 0.2) is 208 Å². The van der Waals surface area contributed by atoms with E-state index in [9.17, 15) is 0 Å². The molecular weight excluding hydrogens is 1570 g/mol. The van der Waals surface area contributed by atoms with Crippen LogP contribution in [0.25, 0.3) is 90.5 Å². The highest BCUT2D eigenvalue weighted by Crippen LogP contribution is 2.53. The molecule has 4 aliphatic carbocycles. The standard InChI is InChI=1S/C23H24N8O2.C23H26N8O.C21H18N8O.C21H21N7O/c1-32-12-11-25-19-8-7-18(29-30-19)20-28-21(31-33-20)23(9-2-10-23)17-5-3-15(4-6-17)16-13-26-22(24)27-14-16;1-30(2)10-11-31-15-18(14-27-31)20-28-21(29-32-20)23(8-3-9-23)19-6-4-16(5-7-19)17-12-25-22(24)26-13-17;22-8-9-29-13-16(12-26-29)18-27-19(28-30-18)21(6-1-7-21)17-4-2-14(3-5-17)15-10-24-20(23)25-11-15;1-13-8-14(15-9-23-20(22)24-10-15)4-5-17(13)21(6-3-7-21)19-26-18(29-27-19)16-11-25-28(2)12-16/h3-8,13-14H,2,9-12H2,1H3,(H,25,30)(H2,24,26,27);4-7,12-15H,3,8-11H2,1-2H3,(H2,24,25,26);2-5,10-13H,1,6-7,9H2,(H2,23,24,25);4-5,8-12H,3,6-7H2,1-2H3,(H2,22,23,24). The summed E-state index contributed by atoms with van der Waals surface area (Å²) in [6.07, 6.45) is 36.9. The second-order valence-electron chi connectivity index (χ2n) is 31.5. The molecule has 626 valence electrons. The molecule has 36 heteroatoms. The van der Waals surface area contributed by atoms with Crippen LogP contribution < -0.4 is 28.3 Å². The van der Waals surface area contributed by atoms with E-state index in [0.29, 0.717) is 65.4 Å². The first-order valence-electron chi connectivity index (χ1n) is 40.7. The van der Waals surface area contributed by atoms with E-state index in [4.69, 9.17) is 66.0 Å². The van der Waals surface area contributed by atoms with Crippen molar-refractivity contribution in [3.05, 3.63) is 241 Å². The molecule has 0 radical (unpaired) electrons. The van der Waals surface area contributed by atoms with Gasteiger partial charge < -0.3 is 56.0 Å². The zero-order valence-corrected chi connectivity index (χ0v) is 68.9. The Bertz CT molecular complexity index is 6320. The molecule has 0 amide bonds. The van der Waals surface area contributed by atoms with E-state index in [-0.39, 0.29) is 52.0 Å². The molecule has 0 saturated heterocycles. The molecular formula is C88H89N31O5. The number of anilines is 5. The van der Waals surface area contributed by atoms with Crippen LogP contribution in [-0.4, -0.2) is 166 Å². The molecule has 4 fully saturated rings. The number of nitrogen functional groups attached to an aromatic ring is 4. The zero-order chi connectivity index (χ0) is 85.4. The van der Waals surface area contributed by atoms with Crippen molar-refractivity contribution in [3.8, 4) is 96.5 Å². The summed E-state index contributed by atoms with van der Waals surface area (Å²) in [5, 5.41) is 50.4. The molecule has 12 heterocycles. The SMILES string of the molecule is CN(C)CCn1cc(-c2nc(C3(c4ccc(-c5cnc(N)nc5)cc4)CCC3)no2)cn1.COCCNc1ccc(-c2nc(C3(c4ccc(-c5cnc(N)nc5)cc4)CCC3)no2)nn1.Cc1cc(-c2cnc(N)nc2)ccc1C1(c2noc(-c3cnn(C)c3)n2)CCC1.N#CCn1cc(-c2nc(C3(c4ccc(-c5cnc(N)nc5)cc4)CCC3)no2)cn1. The fourth-order valence-corrected chi connectivity index (χ4v) is 15.9. The minimum Gasteiger partial charge on any atom is -0.383 e. The molecule has 4 aromatic carbocycles. The van der Waals surface area contributed by atoms with E-state index in [1.54, 1.807) is 86.2 Å². The largest absolute Gasteiger partial charge is 0.383 e. The predicted octanol–water partition coefficient (Wildman–Crippen LogP) is 12.4. The van der Waals surface area contributed by atoms with Crippen LogP contribution in [0.2, 0.25) is 0 Å². The van der Waals surface area contributed by atoms with Crippen molar-refractivity contribution < 1.29 is 22.8 Å². The molecule has 0 atom stereocenters. The molecule has 4 aliphatic rings. The third-order valence-electron chi connectivity index (χ3n) is 23.5. The van der Waals surface area contributed by atoms with Crippen LogP contribution in [0.5, 0.6) is 0 Å². The maximum Gasteiger partial charge on any atom is 0.278 e. The second-order valence-corrected chi connectivity index (χ2v) is 31.5. The fourth-order valence-electron chi connectivity index (χ4n) is 15.9. The normalized spacial score (nSPS) is 14.9. The van der Waals surface area contributed by atoms with E-state index in [0.717, 1.165) is 169 Å². The Labute approximate surface area is 711 Å². The number of aryl methyl sites for hydroxylation is 2. The summed E-state index contributed by atoms with van der Waals surface area (Å²) in [4.78, 5) is 53.6. The highest BCUT2D eigenvalue weighted by atomic mass is 16.5. The van der Waals surface area contributed by atoms with Crippen molar-refractivity contribution >= 4 is 29.6 Å². The average molecular weight is 1660 g/mol. The number of hydrogen-bond acceptors (Lipinski definition) is 33. The lowest BCUT2D eigenvalue weighted by Gasteiger charge is -2.40. The summed E-state index contributed by atoms with van der Waals surface area (Å²) in [6.45, 7) is 5.27. The van der Waals surface area contributed by atoms with Gasteiger partial charge in [-0.2, -0.15) is 40.5 Å². The summed E-state index contributed by atoms with van der Waals surface area (Å²) in [5.74, 6) is 6.37. The summed E-state index contributed by atoms with van der Waals surface area (Å²) in [6, 6.07) is 37.2. The molecule has 20 rings (SSSR count). The number of rotatable bonds is 24. The number of likely N-dealkylation sites (N-methyl/N-ethyl adjacent to an activating group) is 1. The van der Waals surface area contributed by atoms with Crippen molar-refractivity contribution in [2.75, 3.05) is 69.2 Å². The number of nitrogens with one attached hydrogen (secondary N) is 1. The zero-order valence-electron chi connectivity index (χ0n) is 68.9. The van der Waals surface area contributed by atoms with Gasteiger partial charge in [-0.25, -0.2) is 39.9 Å². The molecule has 0 spiro atoms. The highest BCUT2D eigenvalue weighted by molar-refractivity contribution is 5.68. The van der Waals surface area contributed by atoms with Crippen molar-refractivity contribution in [3.63, 3.8) is 0 Å². The summed E-state index contributed by atoms with van der Waals surface area (Å²) < 4.78 is 32.5. The van der Waals surface area contributed by atoms with Gasteiger partial charge in [-0.15, -0.1) is 10.2 Å². The minimum absolute atomic E-state index is 0.177. The van der Waals surface area contributed by atoms with Gasteiger partial charge in [0.25, 0.3) is 23.6 Å². The van der Waals surface area contributed by atoms with E-state index in [2.05, 4.69) is 205 Å². The van der Waals surface area contributed by atoms with Gasteiger partial charge in [0.05, 0.1) is 76.2 Å². The lowest BCUT2D eigenvalue weighted by atomic mass is 9.62. The molecule has 124 heavy (non-hydrogen) atoms. The number of nitriles is 1. The van der Waals surface area contributed by atoms with Crippen LogP contribution in [0.4, 0.5) is 29.6 Å². The third kappa shape index (κ3) is 16.9. The smallest absolute Gasteiger partial charge is 0.278 e.